The van der Waals surface area contributed by atoms with Crippen molar-refractivity contribution in [3.8, 4) is 0 Å². The Labute approximate surface area is 70.0 Å². The molecule has 0 aliphatic carbocycles. The standard InChI is InChI=1S/C3H4IN3O3/c1-5-3(2(4)8)6-7(9)10/h1H3,(H,5,6). The third-order valence-electron chi connectivity index (χ3n) is 0.605. The minimum absolute atomic E-state index is 0.259. The Hall–Kier alpha value is -0.730. The van der Waals surface area contributed by atoms with E-state index in [1.807, 2.05) is 0 Å². The first kappa shape index (κ1) is 9.27. The van der Waals surface area contributed by atoms with E-state index in [1.165, 1.54) is 29.6 Å². The van der Waals surface area contributed by atoms with E-state index in [1.54, 1.807) is 0 Å². The number of carbonyl (C=O) groups is 1. The number of carbonyl (C=O) groups excluding carboxylic acids is 1. The van der Waals surface area contributed by atoms with Crippen LogP contribution in [0.1, 0.15) is 0 Å². The zero-order valence-corrected chi connectivity index (χ0v) is 7.15. The van der Waals surface area contributed by atoms with Crippen LogP contribution >= 0.6 is 22.6 Å². The summed E-state index contributed by atoms with van der Waals surface area (Å²) in [6, 6.07) is 0. The molecule has 1 N–H and O–H groups in total. The van der Waals surface area contributed by atoms with Gasteiger partial charge in [-0.3, -0.25) is 4.79 Å². The molecule has 6 nitrogen and oxygen atoms in total. The molecule has 0 aliphatic heterocycles. The summed E-state index contributed by atoms with van der Waals surface area (Å²) in [6.45, 7) is 0. The highest BCUT2D eigenvalue weighted by molar-refractivity contribution is 14.1. The number of hydrazone groups is 1. The van der Waals surface area contributed by atoms with Crippen LogP contribution < -0.4 is 5.32 Å². The number of nitrogens with one attached hydrogen (secondary N) is 1. The average Bonchev–Trinajstić information content (AvgIpc) is 1.81. The van der Waals surface area contributed by atoms with Gasteiger partial charge in [-0.1, -0.05) is 0 Å². The molecule has 0 saturated heterocycles. The normalized spacial score (nSPS) is 10.8. The molecule has 0 fully saturated rings. The zero-order valence-electron chi connectivity index (χ0n) is 5.00. The van der Waals surface area contributed by atoms with Crippen LogP contribution in [0.5, 0.6) is 0 Å². The third-order valence-corrected chi connectivity index (χ3v) is 1.12. The maximum absolute atomic E-state index is 10.4. The van der Waals surface area contributed by atoms with E-state index < -0.39 is 8.82 Å². The van der Waals surface area contributed by atoms with Crippen molar-refractivity contribution >= 4 is 32.2 Å². The molecule has 0 saturated carbocycles. The van der Waals surface area contributed by atoms with E-state index in [9.17, 15) is 14.9 Å². The molecule has 0 aromatic rings. The van der Waals surface area contributed by atoms with Crippen LogP contribution in [-0.2, 0) is 4.79 Å². The van der Waals surface area contributed by atoms with E-state index in [2.05, 4.69) is 10.4 Å². The van der Waals surface area contributed by atoms with Crippen LogP contribution in [0, 0.1) is 10.1 Å². The summed E-state index contributed by atoms with van der Waals surface area (Å²) in [5.74, 6) is -0.259. The van der Waals surface area contributed by atoms with Gasteiger partial charge >= 0.3 is 0 Å². The molecule has 0 unspecified atom stereocenters. The van der Waals surface area contributed by atoms with Gasteiger partial charge in [0.2, 0.25) is 0 Å². The van der Waals surface area contributed by atoms with Crippen molar-refractivity contribution < 1.29 is 9.83 Å². The molecule has 0 aliphatic rings. The van der Waals surface area contributed by atoms with Gasteiger partial charge in [-0.05, 0) is 0 Å². The summed E-state index contributed by atoms with van der Waals surface area (Å²) in [5, 5.41) is 13.8. The minimum atomic E-state index is -0.928. The van der Waals surface area contributed by atoms with E-state index in [0.717, 1.165) is 0 Å². The lowest BCUT2D eigenvalue weighted by Crippen LogP contribution is -2.25. The van der Waals surface area contributed by atoms with Gasteiger partial charge in [0.1, 0.15) is 0 Å². The smallest absolute Gasteiger partial charge is 0.263 e. The molecule has 0 bridgehead atoms. The van der Waals surface area contributed by atoms with Crippen LogP contribution in [-0.4, -0.2) is 21.7 Å². The monoisotopic (exact) mass is 257 g/mol. The maximum atomic E-state index is 10.4. The van der Waals surface area contributed by atoms with E-state index in [-0.39, 0.29) is 5.84 Å². The predicted molar refractivity (Wildman–Crippen MR) is 42.5 cm³/mol. The van der Waals surface area contributed by atoms with E-state index in [4.69, 9.17) is 0 Å². The molecule has 0 spiro atoms. The van der Waals surface area contributed by atoms with Crippen LogP contribution in [0.2, 0.25) is 0 Å². The molecule has 0 aromatic heterocycles. The van der Waals surface area contributed by atoms with E-state index >= 15 is 0 Å². The van der Waals surface area contributed by atoms with Crippen molar-refractivity contribution in [1.82, 2.24) is 5.32 Å². The minimum Gasteiger partial charge on any atom is -0.364 e. The molecular weight excluding hydrogens is 253 g/mol. The van der Waals surface area contributed by atoms with Gasteiger partial charge in [-0.25, -0.2) is 10.1 Å². The topological polar surface area (TPSA) is 84.6 Å². The average molecular weight is 257 g/mol. The number of likely N-dealkylation sites (N-methyl/N-ethyl adjacent to an activating group) is 1. The molecule has 0 heterocycles. The quantitative estimate of drug-likeness (QED) is 0.185. The van der Waals surface area contributed by atoms with Crippen molar-refractivity contribution in [3.05, 3.63) is 10.1 Å². The molecule has 7 heteroatoms. The van der Waals surface area contributed by atoms with Gasteiger partial charge in [-0.2, -0.15) is 0 Å². The maximum Gasteiger partial charge on any atom is 0.263 e. The van der Waals surface area contributed by atoms with Crippen molar-refractivity contribution in [2.75, 3.05) is 7.05 Å². The second-order valence-corrected chi connectivity index (χ2v) is 2.19. The Morgan fingerprint density at radius 3 is 2.40 bits per heavy atom. The molecule has 0 aromatic carbocycles. The fraction of sp³-hybridized carbons (Fsp3) is 0.333. The molecule has 0 amide bonds. The van der Waals surface area contributed by atoms with Crippen molar-refractivity contribution in [2.45, 2.75) is 0 Å². The summed E-state index contributed by atoms with van der Waals surface area (Å²) >= 11 is 1.40. The highest BCUT2D eigenvalue weighted by Gasteiger charge is 2.08. The molecule has 0 rings (SSSR count). The largest absolute Gasteiger partial charge is 0.364 e. The second-order valence-electron chi connectivity index (χ2n) is 1.21. The number of hydrogen-bond donors (Lipinski definition) is 1. The van der Waals surface area contributed by atoms with Gasteiger partial charge in [-0.15, -0.1) is 0 Å². The Balaban J connectivity index is 4.34. The number of nitro groups is 1. The SMILES string of the molecule is CN/C(=N/[N+](=O)[O-])C(=O)I. The van der Waals surface area contributed by atoms with Gasteiger partial charge in [0.25, 0.3) is 9.63 Å². The molecule has 10 heavy (non-hydrogen) atoms. The molecular formula is C3H4IN3O3. The number of rotatable bonds is 2. The van der Waals surface area contributed by atoms with Gasteiger partial charge in [0, 0.05) is 29.6 Å². The first-order valence-electron chi connectivity index (χ1n) is 2.18. The summed E-state index contributed by atoms with van der Waals surface area (Å²) < 4.78 is -0.489. The highest BCUT2D eigenvalue weighted by atomic mass is 127. The highest BCUT2D eigenvalue weighted by Crippen LogP contribution is 1.87. The Bertz CT molecular complexity index is 189. The van der Waals surface area contributed by atoms with Crippen molar-refractivity contribution in [1.29, 1.82) is 0 Å². The van der Waals surface area contributed by atoms with Crippen LogP contribution in [0.3, 0.4) is 0 Å². The molecule has 0 atom stereocenters. The number of amidine groups is 1. The van der Waals surface area contributed by atoms with Crippen molar-refractivity contribution in [3.63, 3.8) is 0 Å². The first-order valence-corrected chi connectivity index (χ1v) is 3.26. The predicted octanol–water partition coefficient (Wildman–Crippen LogP) is -0.242. The fourth-order valence-electron chi connectivity index (χ4n) is 0.269. The summed E-state index contributed by atoms with van der Waals surface area (Å²) in [7, 11) is 1.39. The lowest BCUT2D eigenvalue weighted by Gasteiger charge is -1.90. The van der Waals surface area contributed by atoms with Crippen LogP contribution in [0.4, 0.5) is 0 Å². The number of halogens is 1. The number of hydrogen-bond acceptors (Lipinski definition) is 3. The van der Waals surface area contributed by atoms with Crippen LogP contribution in [0.25, 0.3) is 0 Å². The molecule has 56 valence electrons. The van der Waals surface area contributed by atoms with E-state index in [0.29, 0.717) is 0 Å². The molecule has 0 radical (unpaired) electrons. The van der Waals surface area contributed by atoms with Crippen molar-refractivity contribution in [2.24, 2.45) is 5.10 Å². The second kappa shape index (κ2) is 4.14. The summed E-state index contributed by atoms with van der Waals surface area (Å²) in [6.07, 6.45) is 0. The Morgan fingerprint density at radius 2 is 2.30 bits per heavy atom. The third kappa shape index (κ3) is 3.33. The first-order chi connectivity index (χ1) is 4.57. The summed E-state index contributed by atoms with van der Waals surface area (Å²) in [5.41, 5.74) is 0. The summed E-state index contributed by atoms with van der Waals surface area (Å²) in [4.78, 5) is 20.1. The lowest BCUT2D eigenvalue weighted by molar-refractivity contribution is -0.485. The zero-order chi connectivity index (χ0) is 8.15. The van der Waals surface area contributed by atoms with Gasteiger partial charge in [0.15, 0.2) is 5.03 Å². The lowest BCUT2D eigenvalue weighted by atomic mass is 10.7. The van der Waals surface area contributed by atoms with Gasteiger partial charge in [0.05, 0.1) is 5.10 Å². The fourth-order valence-corrected chi connectivity index (χ4v) is 0.647. The number of nitrogens with zero attached hydrogens (tertiary/aromatic N) is 2. The Morgan fingerprint density at radius 1 is 1.80 bits per heavy atom. The van der Waals surface area contributed by atoms with Gasteiger partial charge < -0.3 is 5.32 Å². The van der Waals surface area contributed by atoms with Crippen LogP contribution in [0.15, 0.2) is 5.10 Å². The Kier molecular flexibility index (Phi) is 3.84.